The van der Waals surface area contributed by atoms with Gasteiger partial charge in [0.25, 0.3) is 0 Å². The van der Waals surface area contributed by atoms with E-state index in [1.807, 2.05) is 30.3 Å². The molecule has 0 spiro atoms. The van der Waals surface area contributed by atoms with E-state index < -0.39 is 0 Å². The van der Waals surface area contributed by atoms with Gasteiger partial charge in [-0.05, 0) is 12.5 Å². The number of nitrogens with one attached hydrogen (secondary N) is 1. The van der Waals surface area contributed by atoms with Gasteiger partial charge in [-0.15, -0.1) is 11.6 Å². The van der Waals surface area contributed by atoms with E-state index in [1.54, 1.807) is 7.11 Å². The Bertz CT molecular complexity index is 266. The van der Waals surface area contributed by atoms with Crippen molar-refractivity contribution in [1.29, 1.82) is 0 Å². The van der Waals surface area contributed by atoms with Crippen LogP contribution in [0.4, 0.5) is 0 Å². The van der Waals surface area contributed by atoms with Crippen molar-refractivity contribution in [1.82, 2.24) is 5.32 Å². The summed E-state index contributed by atoms with van der Waals surface area (Å²) in [5.41, 5.74) is 1.15. The number of halogens is 1. The van der Waals surface area contributed by atoms with Gasteiger partial charge < -0.3 is 10.1 Å². The molecule has 0 fully saturated rings. The molecule has 3 heteroatoms. The number of hydrogen-bond donors (Lipinski definition) is 1. The Balaban J connectivity index is 2.33. The van der Waals surface area contributed by atoms with Gasteiger partial charge in [0.2, 0.25) is 0 Å². The highest BCUT2D eigenvalue weighted by Crippen LogP contribution is 2.18. The lowest BCUT2D eigenvalue weighted by molar-refractivity contribution is 0.172. The third-order valence-corrected chi connectivity index (χ3v) is 2.63. The van der Waals surface area contributed by atoms with E-state index in [4.69, 9.17) is 16.3 Å². The molecule has 0 radical (unpaired) electrons. The Labute approximate surface area is 96.6 Å². The van der Waals surface area contributed by atoms with Crippen molar-refractivity contribution < 1.29 is 4.74 Å². The van der Waals surface area contributed by atoms with Crippen molar-refractivity contribution >= 4 is 11.6 Å². The van der Waals surface area contributed by atoms with Crippen LogP contribution >= 0.6 is 11.6 Å². The second kappa shape index (κ2) is 6.83. The molecular weight excluding hydrogens is 210 g/mol. The summed E-state index contributed by atoms with van der Waals surface area (Å²) in [5.74, 6) is 0. The second-order valence-electron chi connectivity index (χ2n) is 3.64. The standard InChI is InChI=1S/C12H18ClNO/c1-10(9-15-2)14-8-12(13)11-6-4-3-5-7-11/h3-7,10,12,14H,8-9H2,1-2H3. The summed E-state index contributed by atoms with van der Waals surface area (Å²) < 4.78 is 5.04. The fourth-order valence-corrected chi connectivity index (χ4v) is 1.63. The van der Waals surface area contributed by atoms with Gasteiger partial charge in [0.05, 0.1) is 12.0 Å². The van der Waals surface area contributed by atoms with Crippen molar-refractivity contribution in [3.05, 3.63) is 35.9 Å². The fourth-order valence-electron chi connectivity index (χ4n) is 1.39. The minimum absolute atomic E-state index is 0.0190. The zero-order chi connectivity index (χ0) is 11.1. The second-order valence-corrected chi connectivity index (χ2v) is 4.17. The number of methoxy groups -OCH3 is 1. The molecule has 0 aliphatic rings. The van der Waals surface area contributed by atoms with E-state index in [0.717, 1.165) is 12.1 Å². The lowest BCUT2D eigenvalue weighted by atomic mass is 10.1. The van der Waals surface area contributed by atoms with Gasteiger partial charge in [-0.25, -0.2) is 0 Å². The van der Waals surface area contributed by atoms with Crippen LogP contribution in [-0.2, 0) is 4.74 Å². The number of rotatable bonds is 6. The van der Waals surface area contributed by atoms with Crippen LogP contribution in [0.1, 0.15) is 17.9 Å². The number of hydrogen-bond acceptors (Lipinski definition) is 2. The molecule has 84 valence electrons. The fraction of sp³-hybridized carbons (Fsp3) is 0.500. The topological polar surface area (TPSA) is 21.3 Å². The number of ether oxygens (including phenoxy) is 1. The maximum Gasteiger partial charge on any atom is 0.0709 e. The highest BCUT2D eigenvalue weighted by molar-refractivity contribution is 6.21. The van der Waals surface area contributed by atoms with Gasteiger partial charge in [0.15, 0.2) is 0 Å². The third-order valence-electron chi connectivity index (χ3n) is 2.22. The van der Waals surface area contributed by atoms with E-state index in [9.17, 15) is 0 Å². The molecule has 1 N–H and O–H groups in total. The van der Waals surface area contributed by atoms with E-state index in [2.05, 4.69) is 12.2 Å². The molecule has 0 heterocycles. The summed E-state index contributed by atoms with van der Waals surface area (Å²) in [5, 5.41) is 3.34. The molecule has 0 amide bonds. The summed E-state index contributed by atoms with van der Waals surface area (Å²) in [6, 6.07) is 10.4. The summed E-state index contributed by atoms with van der Waals surface area (Å²) in [6.07, 6.45) is 0. The zero-order valence-electron chi connectivity index (χ0n) is 9.24. The van der Waals surface area contributed by atoms with E-state index >= 15 is 0 Å². The number of benzene rings is 1. The molecule has 0 aromatic heterocycles. The zero-order valence-corrected chi connectivity index (χ0v) is 10.00. The SMILES string of the molecule is COCC(C)NCC(Cl)c1ccccc1. The van der Waals surface area contributed by atoms with E-state index in [-0.39, 0.29) is 5.38 Å². The molecule has 2 nitrogen and oxygen atoms in total. The average molecular weight is 228 g/mol. The molecule has 15 heavy (non-hydrogen) atoms. The maximum atomic E-state index is 6.25. The molecule has 1 rings (SSSR count). The van der Waals surface area contributed by atoms with Crippen molar-refractivity contribution in [2.24, 2.45) is 0 Å². The van der Waals surface area contributed by atoms with E-state index in [1.165, 1.54) is 0 Å². The van der Waals surface area contributed by atoms with Gasteiger partial charge in [0, 0.05) is 19.7 Å². The first-order valence-corrected chi connectivity index (χ1v) is 5.59. The lowest BCUT2D eigenvalue weighted by Gasteiger charge is -2.16. The summed E-state index contributed by atoms with van der Waals surface area (Å²) >= 11 is 6.25. The molecule has 1 aromatic carbocycles. The first kappa shape index (κ1) is 12.5. The Morgan fingerprint density at radius 2 is 2.00 bits per heavy atom. The Morgan fingerprint density at radius 3 is 2.60 bits per heavy atom. The van der Waals surface area contributed by atoms with Crippen LogP contribution in [0.15, 0.2) is 30.3 Å². The minimum Gasteiger partial charge on any atom is -0.383 e. The highest BCUT2D eigenvalue weighted by atomic mass is 35.5. The normalized spacial score (nSPS) is 14.9. The Morgan fingerprint density at radius 1 is 1.33 bits per heavy atom. The molecule has 0 aliphatic heterocycles. The van der Waals surface area contributed by atoms with E-state index in [0.29, 0.717) is 12.6 Å². The highest BCUT2D eigenvalue weighted by Gasteiger charge is 2.08. The van der Waals surface area contributed by atoms with Crippen LogP contribution < -0.4 is 5.32 Å². The lowest BCUT2D eigenvalue weighted by Crippen LogP contribution is -2.32. The smallest absolute Gasteiger partial charge is 0.0709 e. The van der Waals surface area contributed by atoms with Gasteiger partial charge in [-0.2, -0.15) is 0 Å². The average Bonchev–Trinajstić information content (AvgIpc) is 2.27. The van der Waals surface area contributed by atoms with Crippen molar-refractivity contribution in [2.45, 2.75) is 18.3 Å². The molecule has 1 aromatic rings. The largest absolute Gasteiger partial charge is 0.383 e. The van der Waals surface area contributed by atoms with Crippen molar-refractivity contribution in [3.8, 4) is 0 Å². The van der Waals surface area contributed by atoms with Crippen LogP contribution in [0, 0.1) is 0 Å². The van der Waals surface area contributed by atoms with Crippen LogP contribution in [0.25, 0.3) is 0 Å². The molecule has 2 atom stereocenters. The van der Waals surface area contributed by atoms with Gasteiger partial charge in [-0.3, -0.25) is 0 Å². The summed E-state index contributed by atoms with van der Waals surface area (Å²) in [6.45, 7) is 3.55. The monoisotopic (exact) mass is 227 g/mol. The molecule has 0 saturated carbocycles. The van der Waals surface area contributed by atoms with Gasteiger partial charge in [-0.1, -0.05) is 30.3 Å². The predicted molar refractivity (Wildman–Crippen MR) is 64.4 cm³/mol. The van der Waals surface area contributed by atoms with Gasteiger partial charge in [0.1, 0.15) is 0 Å². The van der Waals surface area contributed by atoms with Gasteiger partial charge >= 0.3 is 0 Å². The van der Waals surface area contributed by atoms with Crippen LogP contribution in [0.5, 0.6) is 0 Å². The molecule has 2 unspecified atom stereocenters. The first-order valence-electron chi connectivity index (χ1n) is 5.15. The Kier molecular flexibility index (Phi) is 5.69. The molecular formula is C12H18ClNO. The Hall–Kier alpha value is -0.570. The predicted octanol–water partition coefficient (Wildman–Crippen LogP) is 2.59. The molecule has 0 bridgehead atoms. The maximum absolute atomic E-state index is 6.25. The minimum atomic E-state index is 0.0190. The summed E-state index contributed by atoms with van der Waals surface area (Å²) in [4.78, 5) is 0. The van der Waals surface area contributed by atoms with Crippen molar-refractivity contribution in [2.75, 3.05) is 20.3 Å². The first-order chi connectivity index (χ1) is 7.24. The molecule has 0 saturated heterocycles. The van der Waals surface area contributed by atoms with Crippen LogP contribution in [0.3, 0.4) is 0 Å². The summed E-state index contributed by atoms with van der Waals surface area (Å²) in [7, 11) is 1.70. The van der Waals surface area contributed by atoms with Crippen molar-refractivity contribution in [3.63, 3.8) is 0 Å². The quantitative estimate of drug-likeness (QED) is 0.755. The van der Waals surface area contributed by atoms with Crippen LogP contribution in [-0.4, -0.2) is 26.3 Å². The molecule has 0 aliphatic carbocycles. The number of alkyl halides is 1. The van der Waals surface area contributed by atoms with Crippen LogP contribution in [0.2, 0.25) is 0 Å². The third kappa shape index (κ3) is 4.65.